The van der Waals surface area contributed by atoms with Crippen LogP contribution < -0.4 is 0 Å². The van der Waals surface area contributed by atoms with Gasteiger partial charge in [-0.3, -0.25) is 9.59 Å². The summed E-state index contributed by atoms with van der Waals surface area (Å²) in [4.78, 5) is 21.9. The van der Waals surface area contributed by atoms with Crippen molar-refractivity contribution in [2.75, 3.05) is 13.2 Å². The number of rotatable bonds is 31. The van der Waals surface area contributed by atoms with Gasteiger partial charge in [-0.2, -0.15) is 0 Å². The van der Waals surface area contributed by atoms with E-state index in [9.17, 15) is 9.59 Å². The molecule has 0 rings (SSSR count). The van der Waals surface area contributed by atoms with Gasteiger partial charge in [0.1, 0.15) is 0 Å². The zero-order valence-electron chi connectivity index (χ0n) is 26.0. The van der Waals surface area contributed by atoms with Crippen molar-refractivity contribution in [3.05, 3.63) is 48.6 Å². The predicted molar refractivity (Wildman–Crippen MR) is 171 cm³/mol. The van der Waals surface area contributed by atoms with Crippen LogP contribution in [0.5, 0.6) is 0 Å². The SMILES string of the molecule is CCCCC/C=C\C/C=C\C/C=C\C/C=C\CCCC(=O)OCCCCCCCCCCCCCCCOC=O. The van der Waals surface area contributed by atoms with Gasteiger partial charge >= 0.3 is 5.97 Å². The summed E-state index contributed by atoms with van der Waals surface area (Å²) in [5.41, 5.74) is 0. The van der Waals surface area contributed by atoms with Crippen molar-refractivity contribution in [2.45, 2.75) is 155 Å². The van der Waals surface area contributed by atoms with Crippen molar-refractivity contribution in [1.29, 1.82) is 0 Å². The first kappa shape index (κ1) is 37.9. The molecule has 0 fully saturated rings. The fraction of sp³-hybridized carbons (Fsp3) is 0.722. The van der Waals surface area contributed by atoms with Crippen molar-refractivity contribution in [3.63, 3.8) is 0 Å². The Balaban J connectivity index is 3.34. The maximum absolute atomic E-state index is 11.9. The molecule has 0 aliphatic carbocycles. The normalized spacial score (nSPS) is 11.9. The Morgan fingerprint density at radius 2 is 0.925 bits per heavy atom. The Bertz CT molecular complexity index is 647. The number of hydrogen-bond acceptors (Lipinski definition) is 4. The molecule has 0 N–H and O–H groups in total. The molecule has 4 nitrogen and oxygen atoms in total. The molecule has 40 heavy (non-hydrogen) atoms. The van der Waals surface area contributed by atoms with E-state index < -0.39 is 0 Å². The molecular formula is C36H62O4. The van der Waals surface area contributed by atoms with Crippen LogP contribution in [0.1, 0.15) is 155 Å². The summed E-state index contributed by atoms with van der Waals surface area (Å²) in [7, 11) is 0. The number of allylic oxidation sites excluding steroid dienone is 8. The van der Waals surface area contributed by atoms with Gasteiger partial charge in [0.05, 0.1) is 13.2 Å². The van der Waals surface area contributed by atoms with E-state index in [0.717, 1.165) is 57.8 Å². The molecule has 0 aromatic carbocycles. The Labute approximate surface area is 247 Å². The smallest absolute Gasteiger partial charge is 0.305 e. The Morgan fingerprint density at radius 3 is 1.40 bits per heavy atom. The minimum absolute atomic E-state index is 0.0508. The number of hydrogen-bond donors (Lipinski definition) is 0. The molecule has 0 aliphatic heterocycles. The lowest BCUT2D eigenvalue weighted by atomic mass is 10.0. The average Bonchev–Trinajstić information content (AvgIpc) is 2.96. The molecule has 0 aromatic rings. The maximum atomic E-state index is 11.9. The van der Waals surface area contributed by atoms with E-state index in [2.05, 4.69) is 55.5 Å². The second kappa shape index (κ2) is 34.9. The molecule has 0 unspecified atom stereocenters. The Kier molecular flexibility index (Phi) is 33.1. The van der Waals surface area contributed by atoms with Gasteiger partial charge in [-0.05, 0) is 57.8 Å². The minimum Gasteiger partial charge on any atom is -0.468 e. The molecule has 0 saturated carbocycles. The molecule has 0 atom stereocenters. The van der Waals surface area contributed by atoms with Crippen molar-refractivity contribution in [2.24, 2.45) is 0 Å². The summed E-state index contributed by atoms with van der Waals surface area (Å²) in [6, 6.07) is 0. The third kappa shape index (κ3) is 33.9. The Morgan fingerprint density at radius 1 is 0.500 bits per heavy atom. The van der Waals surface area contributed by atoms with Crippen LogP contribution >= 0.6 is 0 Å². The van der Waals surface area contributed by atoms with Crippen molar-refractivity contribution in [3.8, 4) is 0 Å². The van der Waals surface area contributed by atoms with Crippen LogP contribution in [0.3, 0.4) is 0 Å². The van der Waals surface area contributed by atoms with Crippen LogP contribution in [0.2, 0.25) is 0 Å². The largest absolute Gasteiger partial charge is 0.468 e. The first-order valence-corrected chi connectivity index (χ1v) is 16.6. The first-order chi connectivity index (χ1) is 19.8. The van der Waals surface area contributed by atoms with E-state index in [4.69, 9.17) is 9.47 Å². The standard InChI is InChI=1S/C36H62O4/c1-2-3-4-5-6-7-8-9-10-11-12-14-17-20-23-26-29-32-36(38)40-34-31-28-25-22-19-16-13-15-18-21-24-27-30-33-39-35-37/h6-7,9-10,12,14,20,23,35H,2-5,8,11,13,15-19,21-22,24-34H2,1H3/b7-6-,10-9-,14-12-,23-20-. The molecule has 230 valence electrons. The third-order valence-corrected chi connectivity index (χ3v) is 6.95. The van der Waals surface area contributed by atoms with Crippen LogP contribution in [-0.2, 0) is 19.1 Å². The molecule has 0 bridgehead atoms. The molecule has 0 amide bonds. The summed E-state index contributed by atoms with van der Waals surface area (Å²) in [6.07, 6.45) is 44.3. The van der Waals surface area contributed by atoms with Gasteiger partial charge < -0.3 is 9.47 Å². The summed E-state index contributed by atoms with van der Waals surface area (Å²) >= 11 is 0. The van der Waals surface area contributed by atoms with E-state index in [1.165, 1.54) is 83.5 Å². The molecule has 0 heterocycles. The highest BCUT2D eigenvalue weighted by Gasteiger charge is 2.01. The number of esters is 1. The highest BCUT2D eigenvalue weighted by atomic mass is 16.5. The van der Waals surface area contributed by atoms with Gasteiger partial charge in [-0.25, -0.2) is 0 Å². The quantitative estimate of drug-likeness (QED) is 0.0367. The van der Waals surface area contributed by atoms with Gasteiger partial charge in [0, 0.05) is 6.42 Å². The maximum Gasteiger partial charge on any atom is 0.305 e. The second-order valence-electron chi connectivity index (χ2n) is 10.8. The highest BCUT2D eigenvalue weighted by Crippen LogP contribution is 2.13. The first-order valence-electron chi connectivity index (χ1n) is 16.6. The average molecular weight is 559 g/mol. The topological polar surface area (TPSA) is 52.6 Å². The number of ether oxygens (including phenoxy) is 2. The van der Waals surface area contributed by atoms with Crippen molar-refractivity contribution >= 4 is 12.4 Å². The summed E-state index contributed by atoms with van der Waals surface area (Å²) in [6.45, 7) is 3.92. The van der Waals surface area contributed by atoms with Crippen LogP contribution in [0.15, 0.2) is 48.6 Å². The van der Waals surface area contributed by atoms with Crippen molar-refractivity contribution < 1.29 is 19.1 Å². The number of unbranched alkanes of at least 4 members (excludes halogenated alkanes) is 16. The van der Waals surface area contributed by atoms with E-state index in [-0.39, 0.29) is 5.97 Å². The van der Waals surface area contributed by atoms with Gasteiger partial charge in [-0.1, -0.05) is 139 Å². The van der Waals surface area contributed by atoms with Crippen LogP contribution in [-0.4, -0.2) is 25.7 Å². The molecule has 4 heteroatoms. The zero-order chi connectivity index (χ0) is 29.0. The summed E-state index contributed by atoms with van der Waals surface area (Å²) in [5, 5.41) is 0. The fourth-order valence-electron chi connectivity index (χ4n) is 4.46. The molecule has 0 saturated heterocycles. The number of carbonyl (C=O) groups excluding carboxylic acids is 2. The third-order valence-electron chi connectivity index (χ3n) is 6.95. The molecule has 0 spiro atoms. The minimum atomic E-state index is -0.0508. The van der Waals surface area contributed by atoms with E-state index in [1.54, 1.807) is 0 Å². The van der Waals surface area contributed by atoms with E-state index >= 15 is 0 Å². The summed E-state index contributed by atoms with van der Waals surface area (Å²) < 4.78 is 10.1. The lowest BCUT2D eigenvalue weighted by Gasteiger charge is -2.05. The number of carbonyl (C=O) groups is 2. The highest BCUT2D eigenvalue weighted by molar-refractivity contribution is 5.69. The van der Waals surface area contributed by atoms with Gasteiger partial charge in [-0.15, -0.1) is 0 Å². The lowest BCUT2D eigenvalue weighted by Crippen LogP contribution is -2.05. The van der Waals surface area contributed by atoms with E-state index in [1.807, 2.05) is 0 Å². The molecular weight excluding hydrogens is 496 g/mol. The monoisotopic (exact) mass is 558 g/mol. The molecule has 0 radical (unpaired) electrons. The predicted octanol–water partition coefficient (Wildman–Crippen LogP) is 10.9. The van der Waals surface area contributed by atoms with Gasteiger partial charge in [0.2, 0.25) is 0 Å². The van der Waals surface area contributed by atoms with Gasteiger partial charge in [0.25, 0.3) is 6.47 Å². The zero-order valence-corrected chi connectivity index (χ0v) is 26.0. The Hall–Kier alpha value is -2.10. The van der Waals surface area contributed by atoms with Gasteiger partial charge in [0.15, 0.2) is 0 Å². The lowest BCUT2D eigenvalue weighted by molar-refractivity contribution is -0.143. The summed E-state index contributed by atoms with van der Waals surface area (Å²) in [5.74, 6) is -0.0508. The van der Waals surface area contributed by atoms with E-state index in [0.29, 0.717) is 26.1 Å². The second-order valence-corrected chi connectivity index (χ2v) is 10.8. The van der Waals surface area contributed by atoms with Crippen LogP contribution in [0, 0.1) is 0 Å². The van der Waals surface area contributed by atoms with Crippen molar-refractivity contribution in [1.82, 2.24) is 0 Å². The molecule has 0 aliphatic rings. The molecule has 0 aromatic heterocycles. The fourth-order valence-corrected chi connectivity index (χ4v) is 4.46. The van der Waals surface area contributed by atoms with Crippen LogP contribution in [0.4, 0.5) is 0 Å². The van der Waals surface area contributed by atoms with Crippen LogP contribution in [0.25, 0.3) is 0 Å².